The number of likely N-dealkylation sites (N-methyl/N-ethyl adjacent to an activating group) is 1. The molecule has 0 amide bonds. The largest absolute Gasteiger partial charge is 0.492 e. The minimum atomic E-state index is 0.165. The van der Waals surface area contributed by atoms with E-state index >= 15 is 0 Å². The lowest BCUT2D eigenvalue weighted by Crippen LogP contribution is -2.42. The van der Waals surface area contributed by atoms with E-state index < -0.39 is 0 Å². The van der Waals surface area contributed by atoms with Gasteiger partial charge in [-0.1, -0.05) is 86.6 Å². The SMILES string of the molecule is CCN(CC)CCOc1ccc(/C(=C(/CCCOCC2OC2C2CCNCCNCCCNCCN2)c2ccccc2)c2ccccc2)cc1. The molecule has 8 heteroatoms. The molecule has 272 valence electrons. The van der Waals surface area contributed by atoms with E-state index in [9.17, 15) is 0 Å². The number of rotatable bonds is 16. The predicted octanol–water partition coefficient (Wildman–Crippen LogP) is 5.45. The summed E-state index contributed by atoms with van der Waals surface area (Å²) >= 11 is 0. The fourth-order valence-electron chi connectivity index (χ4n) is 6.79. The molecule has 8 nitrogen and oxygen atoms in total. The van der Waals surface area contributed by atoms with Crippen LogP contribution in [0.5, 0.6) is 5.75 Å². The number of nitrogens with zero attached hydrogens (tertiary/aromatic N) is 1. The normalized spacial score (nSPS) is 21.3. The second-order valence-corrected chi connectivity index (χ2v) is 13.3. The Kier molecular flexibility index (Phi) is 16.8. The molecule has 0 spiro atoms. The van der Waals surface area contributed by atoms with Crippen molar-refractivity contribution in [3.05, 3.63) is 102 Å². The van der Waals surface area contributed by atoms with Crippen molar-refractivity contribution in [2.24, 2.45) is 0 Å². The minimum absolute atomic E-state index is 0.165. The summed E-state index contributed by atoms with van der Waals surface area (Å²) in [6, 6.07) is 30.6. The highest BCUT2D eigenvalue weighted by atomic mass is 16.6. The summed E-state index contributed by atoms with van der Waals surface area (Å²) in [7, 11) is 0. The van der Waals surface area contributed by atoms with Crippen LogP contribution >= 0.6 is 0 Å². The van der Waals surface area contributed by atoms with Crippen molar-refractivity contribution in [3.63, 3.8) is 0 Å². The molecule has 3 aromatic rings. The van der Waals surface area contributed by atoms with Crippen LogP contribution in [0, 0.1) is 0 Å². The first-order chi connectivity index (χ1) is 24.8. The van der Waals surface area contributed by atoms with E-state index in [0.717, 1.165) is 96.9 Å². The van der Waals surface area contributed by atoms with Gasteiger partial charge >= 0.3 is 0 Å². The van der Waals surface area contributed by atoms with Crippen LogP contribution < -0.4 is 26.0 Å². The standard InChI is InChI=1S/C42H61N5O3/c1-3-47(4-2)30-32-49-37-20-18-36(19-21-37)41(35-15-9-6-10-16-35)38(34-13-7-5-8-14-34)17-11-31-48-33-40-42(50-40)39-22-25-45-27-26-43-23-12-24-44-28-29-46-39/h5-10,13-16,18-21,39-40,42-46H,3-4,11-12,17,22-33H2,1-2H3/b41-38-. The Morgan fingerprint density at radius 3 is 2.06 bits per heavy atom. The second kappa shape index (κ2) is 22.0. The minimum Gasteiger partial charge on any atom is -0.492 e. The summed E-state index contributed by atoms with van der Waals surface area (Å²) in [4.78, 5) is 2.38. The van der Waals surface area contributed by atoms with Crippen LogP contribution in [0.4, 0.5) is 0 Å². The van der Waals surface area contributed by atoms with E-state index in [2.05, 4.69) is 125 Å². The van der Waals surface area contributed by atoms with Gasteiger partial charge in [-0.15, -0.1) is 0 Å². The highest BCUT2D eigenvalue weighted by Crippen LogP contribution is 2.36. The van der Waals surface area contributed by atoms with E-state index in [1.165, 1.54) is 27.8 Å². The summed E-state index contributed by atoms with van der Waals surface area (Å²) in [6.45, 7) is 16.5. The number of benzene rings is 3. The molecular formula is C42H61N5O3. The smallest absolute Gasteiger partial charge is 0.119 e. The first-order valence-electron chi connectivity index (χ1n) is 19.1. The Labute approximate surface area is 301 Å². The third-order valence-electron chi connectivity index (χ3n) is 9.74. The van der Waals surface area contributed by atoms with Gasteiger partial charge < -0.3 is 40.4 Å². The quantitative estimate of drug-likeness (QED) is 0.0903. The highest BCUT2D eigenvalue weighted by Gasteiger charge is 2.44. The lowest BCUT2D eigenvalue weighted by Gasteiger charge is -2.19. The van der Waals surface area contributed by atoms with Crippen molar-refractivity contribution in [3.8, 4) is 5.75 Å². The van der Waals surface area contributed by atoms with Crippen molar-refractivity contribution in [2.75, 3.05) is 85.3 Å². The third kappa shape index (κ3) is 12.6. The zero-order valence-electron chi connectivity index (χ0n) is 30.5. The van der Waals surface area contributed by atoms with Gasteiger partial charge in [0.1, 0.15) is 24.6 Å². The topological polar surface area (TPSA) is 82.4 Å². The fraction of sp³-hybridized carbons (Fsp3) is 0.524. The molecule has 5 rings (SSSR count). The predicted molar refractivity (Wildman–Crippen MR) is 207 cm³/mol. The Bertz CT molecular complexity index is 1350. The lowest BCUT2D eigenvalue weighted by molar-refractivity contribution is 0.115. The van der Waals surface area contributed by atoms with Crippen LogP contribution in [0.3, 0.4) is 0 Å². The molecule has 2 heterocycles. The van der Waals surface area contributed by atoms with E-state index in [-0.39, 0.29) is 12.2 Å². The molecule has 0 bridgehead atoms. The molecule has 50 heavy (non-hydrogen) atoms. The van der Waals surface area contributed by atoms with Gasteiger partial charge in [-0.3, -0.25) is 0 Å². The van der Waals surface area contributed by atoms with Gasteiger partial charge in [0, 0.05) is 45.4 Å². The van der Waals surface area contributed by atoms with Crippen molar-refractivity contribution >= 4 is 11.1 Å². The van der Waals surface area contributed by atoms with Gasteiger partial charge in [0.25, 0.3) is 0 Å². The number of hydrogen-bond donors (Lipinski definition) is 4. The van der Waals surface area contributed by atoms with Gasteiger partial charge in [-0.05, 0) is 98.4 Å². The molecule has 0 aliphatic carbocycles. The molecule has 4 N–H and O–H groups in total. The number of ether oxygens (including phenoxy) is 3. The van der Waals surface area contributed by atoms with Crippen LogP contribution in [0.2, 0.25) is 0 Å². The molecule has 2 saturated heterocycles. The maximum Gasteiger partial charge on any atom is 0.119 e. The number of epoxide rings is 1. The zero-order chi connectivity index (χ0) is 34.6. The molecule has 2 fully saturated rings. The molecule has 2 aliphatic heterocycles. The Hall–Kier alpha value is -3.08. The fourth-order valence-corrected chi connectivity index (χ4v) is 6.79. The first-order valence-corrected chi connectivity index (χ1v) is 19.1. The molecule has 0 radical (unpaired) electrons. The van der Waals surface area contributed by atoms with Crippen LogP contribution in [-0.4, -0.2) is 108 Å². The zero-order valence-corrected chi connectivity index (χ0v) is 30.5. The summed E-state index contributed by atoms with van der Waals surface area (Å²) in [5.74, 6) is 0.909. The summed E-state index contributed by atoms with van der Waals surface area (Å²) in [5, 5.41) is 14.4. The van der Waals surface area contributed by atoms with Gasteiger partial charge in [0.2, 0.25) is 0 Å². The Balaban J connectivity index is 1.20. The summed E-state index contributed by atoms with van der Waals surface area (Å²) in [5.41, 5.74) is 6.24. The monoisotopic (exact) mass is 683 g/mol. The van der Waals surface area contributed by atoms with Crippen molar-refractivity contribution in [1.29, 1.82) is 0 Å². The lowest BCUT2D eigenvalue weighted by atomic mass is 9.87. The van der Waals surface area contributed by atoms with Gasteiger partial charge in [-0.25, -0.2) is 0 Å². The molecule has 0 aromatic heterocycles. The number of allylic oxidation sites excluding steroid dienone is 1. The number of hydrogen-bond acceptors (Lipinski definition) is 8. The van der Waals surface area contributed by atoms with E-state index in [4.69, 9.17) is 14.2 Å². The van der Waals surface area contributed by atoms with Crippen LogP contribution in [-0.2, 0) is 9.47 Å². The third-order valence-corrected chi connectivity index (χ3v) is 9.74. The molecule has 3 aromatic carbocycles. The molecule has 0 saturated carbocycles. The molecule has 2 aliphatic rings. The van der Waals surface area contributed by atoms with E-state index in [1.807, 2.05) is 0 Å². The first kappa shape index (κ1) is 38.2. The Morgan fingerprint density at radius 1 is 0.720 bits per heavy atom. The van der Waals surface area contributed by atoms with Crippen molar-refractivity contribution < 1.29 is 14.2 Å². The maximum atomic E-state index is 6.28. The van der Waals surface area contributed by atoms with Crippen LogP contribution in [0.15, 0.2) is 84.9 Å². The summed E-state index contributed by atoms with van der Waals surface area (Å²) < 4.78 is 18.6. The molecule has 3 atom stereocenters. The van der Waals surface area contributed by atoms with Crippen LogP contribution in [0.25, 0.3) is 11.1 Å². The maximum absolute atomic E-state index is 6.28. The van der Waals surface area contributed by atoms with E-state index in [0.29, 0.717) is 25.9 Å². The van der Waals surface area contributed by atoms with Gasteiger partial charge in [-0.2, -0.15) is 0 Å². The van der Waals surface area contributed by atoms with Crippen LogP contribution in [0.1, 0.15) is 56.2 Å². The summed E-state index contributed by atoms with van der Waals surface area (Å²) in [6.07, 6.45) is 4.43. The molecular weight excluding hydrogens is 622 g/mol. The average Bonchev–Trinajstić information content (AvgIpc) is 3.94. The highest BCUT2D eigenvalue weighted by molar-refractivity contribution is 5.98. The number of nitrogens with one attached hydrogen (secondary N) is 4. The van der Waals surface area contributed by atoms with Gasteiger partial charge in [0.05, 0.1) is 6.61 Å². The van der Waals surface area contributed by atoms with Crippen molar-refractivity contribution in [2.45, 2.75) is 57.8 Å². The van der Waals surface area contributed by atoms with Crippen molar-refractivity contribution in [1.82, 2.24) is 26.2 Å². The molecule has 3 unspecified atom stereocenters. The average molecular weight is 684 g/mol. The Morgan fingerprint density at radius 2 is 1.36 bits per heavy atom. The van der Waals surface area contributed by atoms with Gasteiger partial charge in [0.15, 0.2) is 0 Å². The second-order valence-electron chi connectivity index (χ2n) is 13.3. The van der Waals surface area contributed by atoms with E-state index in [1.54, 1.807) is 0 Å².